The normalized spacial score (nSPS) is 12.6. The number of hydrogen-bond acceptors (Lipinski definition) is 2. The standard InChI is InChI=1S/C10H18O2/c1-4-5-9(11)7-10(12)6-8(2)3/h9,11H,2,4-7H2,1,3H3/t9-/m0/s1. The molecule has 70 valence electrons. The molecular formula is C10H18O2. The summed E-state index contributed by atoms with van der Waals surface area (Å²) in [5, 5.41) is 9.28. The van der Waals surface area contributed by atoms with Crippen LogP contribution in [0.15, 0.2) is 12.2 Å². The van der Waals surface area contributed by atoms with Crippen LogP contribution in [0.25, 0.3) is 0 Å². The minimum atomic E-state index is -0.457. The predicted molar refractivity (Wildman–Crippen MR) is 50.0 cm³/mol. The van der Waals surface area contributed by atoms with Gasteiger partial charge in [0.05, 0.1) is 6.10 Å². The summed E-state index contributed by atoms with van der Waals surface area (Å²) in [6.07, 6.45) is 1.85. The summed E-state index contributed by atoms with van der Waals surface area (Å²) in [5.74, 6) is 0.0865. The third kappa shape index (κ3) is 6.10. The number of aliphatic hydroxyl groups is 1. The van der Waals surface area contributed by atoms with E-state index in [9.17, 15) is 9.90 Å². The Morgan fingerprint density at radius 2 is 2.17 bits per heavy atom. The smallest absolute Gasteiger partial charge is 0.139 e. The molecule has 0 aliphatic rings. The van der Waals surface area contributed by atoms with Crippen molar-refractivity contribution in [2.75, 3.05) is 0 Å². The van der Waals surface area contributed by atoms with Crippen LogP contribution in [0, 0.1) is 0 Å². The molecule has 0 bridgehead atoms. The first kappa shape index (κ1) is 11.4. The number of rotatable bonds is 6. The van der Waals surface area contributed by atoms with Gasteiger partial charge >= 0.3 is 0 Å². The van der Waals surface area contributed by atoms with Crippen molar-refractivity contribution in [3.8, 4) is 0 Å². The molecule has 0 aromatic heterocycles. The summed E-state index contributed by atoms with van der Waals surface area (Å²) in [5.41, 5.74) is 0.865. The monoisotopic (exact) mass is 170 g/mol. The van der Waals surface area contributed by atoms with E-state index in [0.29, 0.717) is 12.8 Å². The summed E-state index contributed by atoms with van der Waals surface area (Å²) in [7, 11) is 0. The molecule has 0 aromatic carbocycles. The Kier molecular flexibility index (Phi) is 5.64. The third-order valence-corrected chi connectivity index (χ3v) is 1.58. The molecule has 0 spiro atoms. The van der Waals surface area contributed by atoms with Gasteiger partial charge in [0.15, 0.2) is 0 Å². The maximum atomic E-state index is 11.1. The lowest BCUT2D eigenvalue weighted by molar-refractivity contribution is -0.120. The molecule has 0 aromatic rings. The van der Waals surface area contributed by atoms with Crippen LogP contribution in [0.2, 0.25) is 0 Å². The van der Waals surface area contributed by atoms with Gasteiger partial charge < -0.3 is 5.11 Å². The summed E-state index contributed by atoms with van der Waals surface area (Å²) in [6.45, 7) is 7.46. The fraction of sp³-hybridized carbons (Fsp3) is 0.700. The average Bonchev–Trinajstić information content (AvgIpc) is 1.84. The van der Waals surface area contributed by atoms with Crippen LogP contribution in [-0.2, 0) is 4.79 Å². The second kappa shape index (κ2) is 5.95. The summed E-state index contributed by atoms with van der Waals surface area (Å²) >= 11 is 0. The maximum absolute atomic E-state index is 11.1. The topological polar surface area (TPSA) is 37.3 Å². The molecule has 1 N–H and O–H groups in total. The Hall–Kier alpha value is -0.630. The molecule has 1 atom stereocenters. The summed E-state index contributed by atoms with van der Waals surface area (Å²) < 4.78 is 0. The molecule has 0 saturated carbocycles. The Labute approximate surface area is 74.3 Å². The second-order valence-electron chi connectivity index (χ2n) is 3.32. The highest BCUT2D eigenvalue weighted by atomic mass is 16.3. The van der Waals surface area contributed by atoms with E-state index < -0.39 is 6.10 Å². The van der Waals surface area contributed by atoms with Crippen LogP contribution in [0.5, 0.6) is 0 Å². The van der Waals surface area contributed by atoms with Crippen molar-refractivity contribution in [3.05, 3.63) is 12.2 Å². The SMILES string of the molecule is C=C(C)CC(=O)C[C@@H](O)CCC. The highest BCUT2D eigenvalue weighted by Crippen LogP contribution is 2.06. The molecule has 12 heavy (non-hydrogen) atoms. The van der Waals surface area contributed by atoms with Crippen molar-refractivity contribution >= 4 is 5.78 Å². The molecule has 0 fully saturated rings. The van der Waals surface area contributed by atoms with E-state index in [1.54, 1.807) is 0 Å². The van der Waals surface area contributed by atoms with Gasteiger partial charge in [-0.2, -0.15) is 0 Å². The number of hydrogen-bond donors (Lipinski definition) is 1. The number of Topliss-reactive ketones (excluding diaryl/α,β-unsaturated/α-hetero) is 1. The fourth-order valence-electron chi connectivity index (χ4n) is 1.11. The lowest BCUT2D eigenvalue weighted by Crippen LogP contribution is -2.12. The highest BCUT2D eigenvalue weighted by Gasteiger charge is 2.09. The fourth-order valence-corrected chi connectivity index (χ4v) is 1.11. The van der Waals surface area contributed by atoms with Gasteiger partial charge in [-0.3, -0.25) is 4.79 Å². The minimum absolute atomic E-state index is 0.0865. The molecular weight excluding hydrogens is 152 g/mol. The van der Waals surface area contributed by atoms with E-state index in [1.165, 1.54) is 0 Å². The molecule has 2 nitrogen and oxygen atoms in total. The van der Waals surface area contributed by atoms with E-state index in [1.807, 2.05) is 13.8 Å². The maximum Gasteiger partial charge on any atom is 0.139 e. The molecule has 0 rings (SSSR count). The first-order valence-corrected chi connectivity index (χ1v) is 4.40. The van der Waals surface area contributed by atoms with Crippen LogP contribution < -0.4 is 0 Å². The number of carbonyl (C=O) groups is 1. The van der Waals surface area contributed by atoms with Crippen LogP contribution in [-0.4, -0.2) is 17.0 Å². The second-order valence-corrected chi connectivity index (χ2v) is 3.32. The molecule has 0 unspecified atom stereocenters. The molecule has 0 aliphatic heterocycles. The third-order valence-electron chi connectivity index (χ3n) is 1.58. The number of carbonyl (C=O) groups excluding carboxylic acids is 1. The summed E-state index contributed by atoms with van der Waals surface area (Å²) in [6, 6.07) is 0. The van der Waals surface area contributed by atoms with Gasteiger partial charge in [0.1, 0.15) is 5.78 Å². The number of aliphatic hydroxyl groups excluding tert-OH is 1. The van der Waals surface area contributed by atoms with Crippen molar-refractivity contribution < 1.29 is 9.90 Å². The molecule has 0 aliphatic carbocycles. The Morgan fingerprint density at radius 1 is 1.58 bits per heavy atom. The molecule has 0 heterocycles. The Morgan fingerprint density at radius 3 is 2.58 bits per heavy atom. The van der Waals surface area contributed by atoms with Crippen molar-refractivity contribution in [2.45, 2.75) is 45.6 Å². The van der Waals surface area contributed by atoms with E-state index >= 15 is 0 Å². The van der Waals surface area contributed by atoms with Gasteiger partial charge in [0, 0.05) is 12.8 Å². The van der Waals surface area contributed by atoms with E-state index in [0.717, 1.165) is 12.0 Å². The Bertz CT molecular complexity index is 161. The zero-order valence-electron chi connectivity index (χ0n) is 7.97. The highest BCUT2D eigenvalue weighted by molar-refractivity contribution is 5.80. The van der Waals surface area contributed by atoms with Gasteiger partial charge in [-0.15, -0.1) is 0 Å². The quantitative estimate of drug-likeness (QED) is 0.620. The van der Waals surface area contributed by atoms with Gasteiger partial charge in [-0.1, -0.05) is 25.5 Å². The van der Waals surface area contributed by atoms with Gasteiger partial charge in [-0.05, 0) is 13.3 Å². The van der Waals surface area contributed by atoms with Gasteiger partial charge in [0.25, 0.3) is 0 Å². The molecule has 2 heteroatoms. The van der Waals surface area contributed by atoms with Crippen molar-refractivity contribution in [1.29, 1.82) is 0 Å². The van der Waals surface area contributed by atoms with Crippen molar-refractivity contribution in [1.82, 2.24) is 0 Å². The molecule has 0 saturated heterocycles. The van der Waals surface area contributed by atoms with Gasteiger partial charge in [-0.25, -0.2) is 0 Å². The van der Waals surface area contributed by atoms with Crippen LogP contribution in [0.4, 0.5) is 0 Å². The minimum Gasteiger partial charge on any atom is -0.393 e. The zero-order chi connectivity index (χ0) is 9.56. The van der Waals surface area contributed by atoms with Crippen molar-refractivity contribution in [2.24, 2.45) is 0 Å². The van der Waals surface area contributed by atoms with E-state index in [-0.39, 0.29) is 12.2 Å². The van der Waals surface area contributed by atoms with Crippen LogP contribution in [0.3, 0.4) is 0 Å². The number of allylic oxidation sites excluding steroid dienone is 1. The first-order chi connectivity index (χ1) is 5.56. The largest absolute Gasteiger partial charge is 0.393 e. The van der Waals surface area contributed by atoms with Crippen molar-refractivity contribution in [3.63, 3.8) is 0 Å². The predicted octanol–water partition coefficient (Wildman–Crippen LogP) is 2.07. The zero-order valence-corrected chi connectivity index (χ0v) is 7.97. The molecule has 0 radical (unpaired) electrons. The lowest BCUT2D eigenvalue weighted by Gasteiger charge is -2.07. The van der Waals surface area contributed by atoms with E-state index in [4.69, 9.17) is 0 Å². The molecule has 0 amide bonds. The first-order valence-electron chi connectivity index (χ1n) is 4.40. The van der Waals surface area contributed by atoms with Crippen LogP contribution >= 0.6 is 0 Å². The van der Waals surface area contributed by atoms with E-state index in [2.05, 4.69) is 6.58 Å². The summed E-state index contributed by atoms with van der Waals surface area (Å²) in [4.78, 5) is 11.1. The number of ketones is 1. The average molecular weight is 170 g/mol. The van der Waals surface area contributed by atoms with Crippen LogP contribution in [0.1, 0.15) is 39.5 Å². The van der Waals surface area contributed by atoms with Gasteiger partial charge in [0.2, 0.25) is 0 Å². The lowest BCUT2D eigenvalue weighted by atomic mass is 10.0. The Balaban J connectivity index is 3.61.